The fourth-order valence-electron chi connectivity index (χ4n) is 2.51. The average Bonchev–Trinajstić information content (AvgIpc) is 2.92. The van der Waals surface area contributed by atoms with E-state index in [1.165, 1.54) is 5.56 Å². The first-order valence-electron chi connectivity index (χ1n) is 7.48. The van der Waals surface area contributed by atoms with Crippen molar-refractivity contribution in [2.75, 3.05) is 41.4 Å². The van der Waals surface area contributed by atoms with E-state index in [9.17, 15) is 0 Å². The molecule has 1 aliphatic heterocycles. The minimum absolute atomic E-state index is 0.209. The largest absolute Gasteiger partial charge is 0.493 e. The molecule has 0 bridgehead atoms. The Morgan fingerprint density at radius 2 is 2.05 bits per heavy atom. The summed E-state index contributed by atoms with van der Waals surface area (Å²) in [6, 6.07) is 6.65. The van der Waals surface area contributed by atoms with E-state index in [0.29, 0.717) is 6.04 Å². The van der Waals surface area contributed by atoms with Crippen LogP contribution in [0.25, 0.3) is 0 Å². The Bertz CT molecular complexity index is 531. The highest BCUT2D eigenvalue weighted by Crippen LogP contribution is 2.31. The number of rotatable bonds is 6. The standard InChI is InChI=1S/C16H26N4O2/c1-11-9-17-16(19-11)18-10-13(20(2)3)12-6-7-14(21-4)15(8-12)22-5/h6-8,11,13H,9-10H2,1-5H3,(H2,17,18,19). The van der Waals surface area contributed by atoms with Gasteiger partial charge in [0.15, 0.2) is 17.5 Å². The number of ether oxygens (including phenoxy) is 2. The van der Waals surface area contributed by atoms with Crippen LogP contribution >= 0.6 is 0 Å². The summed E-state index contributed by atoms with van der Waals surface area (Å²) in [6.45, 7) is 3.71. The van der Waals surface area contributed by atoms with E-state index < -0.39 is 0 Å². The molecule has 22 heavy (non-hydrogen) atoms. The smallest absolute Gasteiger partial charge is 0.191 e. The van der Waals surface area contributed by atoms with Crippen LogP contribution in [0.15, 0.2) is 23.2 Å². The SMILES string of the molecule is COc1ccc(C(CNC2=NCC(C)N2)N(C)C)cc1OC. The summed E-state index contributed by atoms with van der Waals surface area (Å²) in [5, 5.41) is 6.70. The number of nitrogens with one attached hydrogen (secondary N) is 2. The first kappa shape index (κ1) is 16.4. The molecule has 122 valence electrons. The van der Waals surface area contributed by atoms with E-state index in [1.54, 1.807) is 14.2 Å². The summed E-state index contributed by atoms with van der Waals surface area (Å²) in [6.07, 6.45) is 0. The van der Waals surface area contributed by atoms with Gasteiger partial charge in [0.05, 0.1) is 26.8 Å². The quantitative estimate of drug-likeness (QED) is 0.828. The summed E-state index contributed by atoms with van der Waals surface area (Å²) in [7, 11) is 7.43. The highest BCUT2D eigenvalue weighted by Gasteiger charge is 2.19. The van der Waals surface area contributed by atoms with Gasteiger partial charge in [0.2, 0.25) is 0 Å². The molecule has 6 nitrogen and oxygen atoms in total. The number of likely N-dealkylation sites (N-methyl/N-ethyl adjacent to an activating group) is 1. The fraction of sp³-hybridized carbons (Fsp3) is 0.562. The third-order valence-electron chi connectivity index (χ3n) is 3.78. The Balaban J connectivity index is 2.10. The first-order valence-corrected chi connectivity index (χ1v) is 7.48. The van der Waals surface area contributed by atoms with Crippen molar-refractivity contribution >= 4 is 5.96 Å². The molecule has 0 fully saturated rings. The molecule has 0 saturated heterocycles. The number of nitrogens with zero attached hydrogens (tertiary/aromatic N) is 2. The summed E-state index contributed by atoms with van der Waals surface area (Å²) in [5.41, 5.74) is 1.17. The van der Waals surface area contributed by atoms with Gasteiger partial charge < -0.3 is 25.0 Å². The lowest BCUT2D eigenvalue weighted by atomic mass is 10.1. The second-order valence-electron chi connectivity index (χ2n) is 5.71. The molecule has 1 aromatic carbocycles. The molecule has 2 unspecified atom stereocenters. The maximum absolute atomic E-state index is 5.40. The van der Waals surface area contributed by atoms with Crippen molar-refractivity contribution in [1.29, 1.82) is 0 Å². The van der Waals surface area contributed by atoms with E-state index in [1.807, 2.05) is 12.1 Å². The first-order chi connectivity index (χ1) is 10.5. The highest BCUT2D eigenvalue weighted by molar-refractivity contribution is 5.81. The zero-order valence-corrected chi connectivity index (χ0v) is 14.0. The van der Waals surface area contributed by atoms with Crippen LogP contribution in [0.2, 0.25) is 0 Å². The van der Waals surface area contributed by atoms with E-state index in [4.69, 9.17) is 9.47 Å². The molecule has 2 rings (SSSR count). The number of hydrogen-bond donors (Lipinski definition) is 2. The molecular formula is C16H26N4O2. The van der Waals surface area contributed by atoms with Crippen molar-refractivity contribution in [3.8, 4) is 11.5 Å². The van der Waals surface area contributed by atoms with Crippen LogP contribution in [0.3, 0.4) is 0 Å². The topological polar surface area (TPSA) is 58.1 Å². The average molecular weight is 306 g/mol. The lowest BCUT2D eigenvalue weighted by Gasteiger charge is -2.26. The number of benzene rings is 1. The van der Waals surface area contributed by atoms with Crippen molar-refractivity contribution in [3.05, 3.63) is 23.8 Å². The maximum atomic E-state index is 5.40. The van der Waals surface area contributed by atoms with Gasteiger partial charge in [0.25, 0.3) is 0 Å². The fourth-order valence-corrected chi connectivity index (χ4v) is 2.51. The number of guanidine groups is 1. The minimum atomic E-state index is 0.209. The van der Waals surface area contributed by atoms with Crippen LogP contribution in [-0.2, 0) is 0 Å². The second kappa shape index (κ2) is 7.35. The van der Waals surface area contributed by atoms with Crippen molar-refractivity contribution in [3.63, 3.8) is 0 Å². The molecular weight excluding hydrogens is 280 g/mol. The van der Waals surface area contributed by atoms with Gasteiger partial charge in [-0.2, -0.15) is 0 Å². The predicted octanol–water partition coefficient (Wildman–Crippen LogP) is 1.24. The minimum Gasteiger partial charge on any atom is -0.493 e. The lowest BCUT2D eigenvalue weighted by Crippen LogP contribution is -2.41. The zero-order valence-electron chi connectivity index (χ0n) is 14.0. The third-order valence-corrected chi connectivity index (χ3v) is 3.78. The molecule has 0 aliphatic carbocycles. The van der Waals surface area contributed by atoms with E-state index >= 15 is 0 Å². The summed E-state index contributed by atoms with van der Waals surface area (Å²) < 4.78 is 10.7. The maximum Gasteiger partial charge on any atom is 0.191 e. The van der Waals surface area contributed by atoms with Crippen LogP contribution in [-0.4, -0.2) is 58.3 Å². The monoisotopic (exact) mass is 306 g/mol. The molecule has 1 heterocycles. The van der Waals surface area contributed by atoms with E-state index in [-0.39, 0.29) is 6.04 Å². The predicted molar refractivity (Wildman–Crippen MR) is 88.9 cm³/mol. The molecule has 1 aromatic rings. The molecule has 1 aliphatic rings. The Kier molecular flexibility index (Phi) is 5.49. The van der Waals surface area contributed by atoms with Crippen LogP contribution in [0.5, 0.6) is 11.5 Å². The van der Waals surface area contributed by atoms with Gasteiger partial charge in [-0.15, -0.1) is 0 Å². The number of hydrogen-bond acceptors (Lipinski definition) is 6. The van der Waals surface area contributed by atoms with Gasteiger partial charge in [-0.05, 0) is 38.7 Å². The van der Waals surface area contributed by atoms with Gasteiger partial charge in [0.1, 0.15) is 0 Å². The zero-order chi connectivity index (χ0) is 16.1. The number of aliphatic imine (C=N–C) groups is 1. The van der Waals surface area contributed by atoms with E-state index in [0.717, 1.165) is 30.5 Å². The highest BCUT2D eigenvalue weighted by atomic mass is 16.5. The molecule has 0 spiro atoms. The molecule has 2 atom stereocenters. The normalized spacial score (nSPS) is 18.6. The Labute approximate surface area is 132 Å². The molecule has 0 aromatic heterocycles. The summed E-state index contributed by atoms with van der Waals surface area (Å²) in [4.78, 5) is 6.61. The molecule has 2 N–H and O–H groups in total. The van der Waals surface area contributed by atoms with Crippen molar-refractivity contribution in [2.45, 2.75) is 19.0 Å². The Hall–Kier alpha value is -1.95. The Morgan fingerprint density at radius 1 is 1.32 bits per heavy atom. The van der Waals surface area contributed by atoms with Crippen LogP contribution < -0.4 is 20.1 Å². The second-order valence-corrected chi connectivity index (χ2v) is 5.71. The summed E-state index contributed by atoms with van der Waals surface area (Å²) in [5.74, 6) is 2.36. The Morgan fingerprint density at radius 3 is 2.59 bits per heavy atom. The van der Waals surface area contributed by atoms with Gasteiger partial charge in [-0.3, -0.25) is 4.99 Å². The molecule has 0 saturated carbocycles. The van der Waals surface area contributed by atoms with Crippen molar-refractivity contribution in [2.24, 2.45) is 4.99 Å². The van der Waals surface area contributed by atoms with E-state index in [2.05, 4.69) is 47.6 Å². The van der Waals surface area contributed by atoms with Gasteiger partial charge in [0, 0.05) is 12.6 Å². The lowest BCUT2D eigenvalue weighted by molar-refractivity contribution is 0.296. The van der Waals surface area contributed by atoms with Crippen LogP contribution in [0, 0.1) is 0 Å². The summed E-state index contributed by atoms with van der Waals surface area (Å²) >= 11 is 0. The van der Waals surface area contributed by atoms with Crippen LogP contribution in [0.4, 0.5) is 0 Å². The van der Waals surface area contributed by atoms with Gasteiger partial charge in [-0.25, -0.2) is 0 Å². The molecule has 6 heteroatoms. The van der Waals surface area contributed by atoms with Crippen molar-refractivity contribution in [1.82, 2.24) is 15.5 Å². The third kappa shape index (κ3) is 3.82. The molecule has 0 amide bonds. The van der Waals surface area contributed by atoms with Gasteiger partial charge >= 0.3 is 0 Å². The van der Waals surface area contributed by atoms with Crippen LogP contribution in [0.1, 0.15) is 18.5 Å². The number of methoxy groups -OCH3 is 2. The van der Waals surface area contributed by atoms with Crippen molar-refractivity contribution < 1.29 is 9.47 Å². The van der Waals surface area contributed by atoms with Gasteiger partial charge in [-0.1, -0.05) is 6.07 Å². The molecule has 0 radical (unpaired) electrons.